The lowest BCUT2D eigenvalue weighted by molar-refractivity contribution is 0.266. The van der Waals surface area contributed by atoms with Crippen LogP contribution in [0, 0.1) is 0 Å². The van der Waals surface area contributed by atoms with Gasteiger partial charge in [-0.15, -0.1) is 0 Å². The van der Waals surface area contributed by atoms with Gasteiger partial charge in [0.25, 0.3) is 0 Å². The highest BCUT2D eigenvalue weighted by molar-refractivity contribution is 5.75. The van der Waals surface area contributed by atoms with Crippen molar-refractivity contribution in [3.63, 3.8) is 0 Å². The highest BCUT2D eigenvalue weighted by Gasteiger charge is 2.24. The monoisotopic (exact) mass is 309 g/mol. The Morgan fingerprint density at radius 3 is 2.96 bits per heavy atom. The van der Waals surface area contributed by atoms with Crippen LogP contribution in [-0.2, 0) is 13.0 Å². The van der Waals surface area contributed by atoms with Gasteiger partial charge in [-0.3, -0.25) is 9.67 Å². The lowest BCUT2D eigenvalue weighted by Crippen LogP contribution is -2.19. The van der Waals surface area contributed by atoms with Gasteiger partial charge in [-0.25, -0.2) is 4.98 Å². The molecular weight excluding hydrogens is 290 g/mol. The van der Waals surface area contributed by atoms with E-state index in [-0.39, 0.29) is 12.6 Å². The average Bonchev–Trinajstić information content (AvgIpc) is 2.99. The third-order valence-corrected chi connectivity index (χ3v) is 4.35. The second-order valence-corrected chi connectivity index (χ2v) is 5.83. The Hall–Kier alpha value is -2.47. The first-order valence-electron chi connectivity index (χ1n) is 7.99. The molecule has 1 aliphatic rings. The van der Waals surface area contributed by atoms with E-state index in [1.54, 1.807) is 6.20 Å². The fraction of sp³-hybridized carbons (Fsp3) is 0.353. The minimum Gasteiger partial charge on any atom is -0.394 e. The fourth-order valence-electron chi connectivity index (χ4n) is 3.26. The van der Waals surface area contributed by atoms with Crippen molar-refractivity contribution in [3.8, 4) is 0 Å². The maximum absolute atomic E-state index is 9.15. The third kappa shape index (κ3) is 2.66. The standard InChI is InChI=1S/C17H19N5O/c23-9-8-22-16-7-3-6-13(12(16)10-19-22)20-17-11-18-14-4-1-2-5-15(14)21-17/h1-2,4-5,10-11,13,23H,3,6-9H2,(H,20,21). The van der Waals surface area contributed by atoms with Crippen molar-refractivity contribution < 1.29 is 5.11 Å². The van der Waals surface area contributed by atoms with Crippen LogP contribution in [0.15, 0.2) is 36.7 Å². The van der Waals surface area contributed by atoms with E-state index in [4.69, 9.17) is 5.11 Å². The zero-order valence-electron chi connectivity index (χ0n) is 12.8. The van der Waals surface area contributed by atoms with Gasteiger partial charge in [-0.1, -0.05) is 12.1 Å². The normalized spacial score (nSPS) is 17.2. The molecule has 0 amide bonds. The summed E-state index contributed by atoms with van der Waals surface area (Å²) in [6.45, 7) is 0.667. The van der Waals surface area contributed by atoms with Crippen LogP contribution >= 0.6 is 0 Å². The molecule has 1 aliphatic carbocycles. The number of nitrogens with zero attached hydrogens (tertiary/aromatic N) is 4. The summed E-state index contributed by atoms with van der Waals surface area (Å²) in [5.74, 6) is 0.788. The van der Waals surface area contributed by atoms with Crippen LogP contribution < -0.4 is 5.32 Å². The lowest BCUT2D eigenvalue weighted by Gasteiger charge is -2.24. The second kappa shape index (κ2) is 5.96. The summed E-state index contributed by atoms with van der Waals surface area (Å²) in [5, 5.41) is 17.1. The van der Waals surface area contributed by atoms with Gasteiger partial charge >= 0.3 is 0 Å². The van der Waals surface area contributed by atoms with Gasteiger partial charge < -0.3 is 10.4 Å². The molecule has 0 saturated carbocycles. The Morgan fingerprint density at radius 1 is 1.22 bits per heavy atom. The minimum atomic E-state index is 0.113. The SMILES string of the molecule is OCCn1ncc2c1CCCC2Nc1cnc2ccccc2n1. The number of fused-ring (bicyclic) bond motifs is 2. The average molecular weight is 309 g/mol. The summed E-state index contributed by atoms with van der Waals surface area (Å²) in [5.41, 5.74) is 4.22. The van der Waals surface area contributed by atoms with Crippen molar-refractivity contribution in [2.45, 2.75) is 31.8 Å². The summed E-state index contributed by atoms with van der Waals surface area (Å²) < 4.78 is 1.91. The summed E-state index contributed by atoms with van der Waals surface area (Å²) in [7, 11) is 0. The molecule has 118 valence electrons. The molecule has 1 atom stereocenters. The number of hydrogen-bond donors (Lipinski definition) is 2. The van der Waals surface area contributed by atoms with E-state index >= 15 is 0 Å². The molecule has 23 heavy (non-hydrogen) atoms. The molecule has 0 aliphatic heterocycles. The van der Waals surface area contributed by atoms with Crippen molar-refractivity contribution in [2.75, 3.05) is 11.9 Å². The number of hydrogen-bond acceptors (Lipinski definition) is 5. The topological polar surface area (TPSA) is 75.9 Å². The van der Waals surface area contributed by atoms with E-state index in [0.29, 0.717) is 6.54 Å². The summed E-state index contributed by atoms with van der Waals surface area (Å²) in [6.07, 6.45) is 6.86. The van der Waals surface area contributed by atoms with Crippen molar-refractivity contribution in [2.24, 2.45) is 0 Å². The van der Waals surface area contributed by atoms with Crippen LogP contribution in [0.1, 0.15) is 30.1 Å². The van der Waals surface area contributed by atoms with E-state index < -0.39 is 0 Å². The number of aliphatic hydroxyl groups is 1. The quantitative estimate of drug-likeness (QED) is 0.773. The van der Waals surface area contributed by atoms with Crippen LogP contribution in [0.2, 0.25) is 0 Å². The highest BCUT2D eigenvalue weighted by Crippen LogP contribution is 2.32. The van der Waals surface area contributed by atoms with Crippen molar-refractivity contribution in [1.29, 1.82) is 0 Å². The predicted molar refractivity (Wildman–Crippen MR) is 88.2 cm³/mol. The molecule has 2 heterocycles. The van der Waals surface area contributed by atoms with Crippen LogP contribution in [0.4, 0.5) is 5.82 Å². The molecule has 2 N–H and O–H groups in total. The molecule has 0 radical (unpaired) electrons. The Morgan fingerprint density at radius 2 is 2.09 bits per heavy atom. The van der Waals surface area contributed by atoms with Gasteiger partial charge in [0, 0.05) is 11.3 Å². The fourth-order valence-corrected chi connectivity index (χ4v) is 3.26. The molecule has 0 bridgehead atoms. The maximum atomic E-state index is 9.15. The van der Waals surface area contributed by atoms with Gasteiger partial charge in [0.05, 0.1) is 42.6 Å². The Kier molecular flexibility index (Phi) is 3.67. The van der Waals surface area contributed by atoms with Crippen LogP contribution in [0.5, 0.6) is 0 Å². The van der Waals surface area contributed by atoms with Gasteiger partial charge in [-0.05, 0) is 31.4 Å². The zero-order valence-corrected chi connectivity index (χ0v) is 12.8. The summed E-state index contributed by atoms with van der Waals surface area (Å²) in [4.78, 5) is 9.10. The summed E-state index contributed by atoms with van der Waals surface area (Å²) >= 11 is 0. The van der Waals surface area contributed by atoms with Crippen molar-refractivity contribution in [1.82, 2.24) is 19.7 Å². The number of rotatable bonds is 4. The van der Waals surface area contributed by atoms with Crippen LogP contribution in [0.3, 0.4) is 0 Å². The smallest absolute Gasteiger partial charge is 0.145 e. The second-order valence-electron chi connectivity index (χ2n) is 5.83. The highest BCUT2D eigenvalue weighted by atomic mass is 16.3. The Bertz CT molecular complexity index is 829. The molecular formula is C17H19N5O. The molecule has 0 spiro atoms. The molecule has 1 aromatic carbocycles. The predicted octanol–water partition coefficient (Wildman–Crippen LogP) is 2.31. The van der Waals surface area contributed by atoms with E-state index in [1.165, 1.54) is 11.3 Å². The first-order valence-corrected chi connectivity index (χ1v) is 7.99. The third-order valence-electron chi connectivity index (χ3n) is 4.35. The Labute approximate surface area is 134 Å². The number of anilines is 1. The van der Waals surface area contributed by atoms with E-state index in [2.05, 4.69) is 20.4 Å². The first kappa shape index (κ1) is 14.1. The van der Waals surface area contributed by atoms with E-state index in [1.807, 2.05) is 35.1 Å². The number of aromatic nitrogens is 4. The van der Waals surface area contributed by atoms with E-state index in [9.17, 15) is 0 Å². The molecule has 2 aromatic heterocycles. The summed E-state index contributed by atoms with van der Waals surface area (Å²) in [6, 6.07) is 8.07. The minimum absolute atomic E-state index is 0.113. The molecule has 6 heteroatoms. The van der Waals surface area contributed by atoms with Gasteiger partial charge in [0.2, 0.25) is 0 Å². The van der Waals surface area contributed by atoms with E-state index in [0.717, 1.165) is 36.1 Å². The van der Waals surface area contributed by atoms with Crippen molar-refractivity contribution in [3.05, 3.63) is 47.9 Å². The number of aliphatic hydroxyl groups excluding tert-OH is 1. The molecule has 0 fully saturated rings. The number of benzene rings is 1. The Balaban J connectivity index is 1.61. The lowest BCUT2D eigenvalue weighted by atomic mass is 9.93. The van der Waals surface area contributed by atoms with Crippen LogP contribution in [-0.4, -0.2) is 31.5 Å². The van der Waals surface area contributed by atoms with Gasteiger partial charge in [-0.2, -0.15) is 5.10 Å². The van der Waals surface area contributed by atoms with Crippen molar-refractivity contribution >= 4 is 16.9 Å². The van der Waals surface area contributed by atoms with Gasteiger partial charge in [0.1, 0.15) is 5.82 Å². The molecule has 4 rings (SSSR count). The molecule has 1 unspecified atom stereocenters. The molecule has 3 aromatic rings. The zero-order chi connectivity index (χ0) is 15.6. The largest absolute Gasteiger partial charge is 0.394 e. The van der Waals surface area contributed by atoms with Gasteiger partial charge in [0.15, 0.2) is 0 Å². The first-order chi connectivity index (χ1) is 11.3. The number of para-hydroxylation sites is 2. The number of nitrogens with one attached hydrogen (secondary N) is 1. The molecule has 0 saturated heterocycles. The maximum Gasteiger partial charge on any atom is 0.145 e. The van der Waals surface area contributed by atoms with Crippen LogP contribution in [0.25, 0.3) is 11.0 Å². The molecule has 6 nitrogen and oxygen atoms in total.